The average Bonchev–Trinajstić information content (AvgIpc) is 2.34. The molecule has 0 aliphatic carbocycles. The third kappa shape index (κ3) is 4.86. The molecule has 0 aromatic carbocycles. The highest BCUT2D eigenvalue weighted by molar-refractivity contribution is 5.95. The molecule has 1 aromatic heterocycles. The molecule has 0 spiro atoms. The minimum absolute atomic E-state index is 0.584. The van der Waals surface area contributed by atoms with E-state index in [1.165, 1.54) is 0 Å². The number of aromatic nitrogens is 2. The van der Waals surface area contributed by atoms with Crippen LogP contribution in [0.15, 0.2) is 12.3 Å². The lowest BCUT2D eigenvalue weighted by atomic mass is 10.2. The molecule has 0 radical (unpaired) electrons. The molecule has 0 saturated heterocycles. The van der Waals surface area contributed by atoms with Crippen molar-refractivity contribution in [2.45, 2.75) is 32.5 Å². The van der Waals surface area contributed by atoms with E-state index in [1.807, 2.05) is 5.43 Å². The summed E-state index contributed by atoms with van der Waals surface area (Å²) in [6.07, 6.45) is -4.87. The maximum Gasteiger partial charge on any atom is 0.435 e. The SMILES string of the molecule is CN(NC(=O)OC(C)(C)C)C(=O)c1ccnnc1C(F)(F)F. The van der Waals surface area contributed by atoms with Crippen LogP contribution in [0.5, 0.6) is 0 Å². The summed E-state index contributed by atoms with van der Waals surface area (Å²) in [6, 6.07) is 0.866. The van der Waals surface area contributed by atoms with E-state index in [4.69, 9.17) is 4.74 Å². The number of carbonyl (C=O) groups excluding carboxylic acids is 2. The van der Waals surface area contributed by atoms with Crippen LogP contribution < -0.4 is 5.43 Å². The number of alkyl halides is 3. The van der Waals surface area contributed by atoms with Crippen LogP contribution in [0.1, 0.15) is 36.8 Å². The summed E-state index contributed by atoms with van der Waals surface area (Å²) in [5.74, 6) is -1.10. The van der Waals surface area contributed by atoms with Gasteiger partial charge in [0.2, 0.25) is 0 Å². The first-order chi connectivity index (χ1) is 9.92. The number of ether oxygens (including phenoxy) is 1. The van der Waals surface area contributed by atoms with E-state index in [0.717, 1.165) is 19.3 Å². The molecular formula is C12H15F3N4O3. The number of rotatable bonds is 1. The van der Waals surface area contributed by atoms with Crippen molar-refractivity contribution in [3.05, 3.63) is 23.5 Å². The summed E-state index contributed by atoms with van der Waals surface area (Å²) < 4.78 is 43.2. The molecule has 2 amide bonds. The summed E-state index contributed by atoms with van der Waals surface area (Å²) in [6.45, 7) is 4.80. The molecule has 1 rings (SSSR count). The first kappa shape index (κ1) is 17.7. The minimum atomic E-state index is -4.84. The van der Waals surface area contributed by atoms with Gasteiger partial charge in [0.25, 0.3) is 5.91 Å². The second kappa shape index (κ2) is 6.16. The zero-order valence-electron chi connectivity index (χ0n) is 12.4. The molecule has 0 bridgehead atoms. The molecule has 0 fully saturated rings. The van der Waals surface area contributed by atoms with Crippen molar-refractivity contribution < 1.29 is 27.5 Å². The van der Waals surface area contributed by atoms with Gasteiger partial charge < -0.3 is 4.74 Å². The Labute approximate surface area is 124 Å². The number of hydrogen-bond acceptors (Lipinski definition) is 5. The number of halogens is 3. The van der Waals surface area contributed by atoms with E-state index in [2.05, 4.69) is 10.2 Å². The van der Waals surface area contributed by atoms with E-state index in [0.29, 0.717) is 5.01 Å². The Bertz CT molecular complexity index is 569. The normalized spacial score (nSPS) is 11.8. The van der Waals surface area contributed by atoms with Crippen LogP contribution in [-0.4, -0.2) is 39.9 Å². The van der Waals surface area contributed by atoms with Crippen molar-refractivity contribution in [2.24, 2.45) is 0 Å². The Kier molecular flexibility index (Phi) is 4.94. The Morgan fingerprint density at radius 3 is 2.36 bits per heavy atom. The van der Waals surface area contributed by atoms with Gasteiger partial charge in [0.1, 0.15) is 5.60 Å². The lowest BCUT2D eigenvalue weighted by Gasteiger charge is -2.24. The summed E-state index contributed by atoms with van der Waals surface area (Å²) >= 11 is 0. The molecule has 7 nitrogen and oxygen atoms in total. The Morgan fingerprint density at radius 2 is 1.86 bits per heavy atom. The van der Waals surface area contributed by atoms with Gasteiger partial charge in [0.15, 0.2) is 5.69 Å². The second-order valence-corrected chi connectivity index (χ2v) is 5.27. The minimum Gasteiger partial charge on any atom is -0.443 e. The lowest BCUT2D eigenvalue weighted by Crippen LogP contribution is -2.46. The smallest absolute Gasteiger partial charge is 0.435 e. The van der Waals surface area contributed by atoms with Gasteiger partial charge in [-0.3, -0.25) is 9.80 Å². The third-order valence-electron chi connectivity index (χ3n) is 2.18. The van der Waals surface area contributed by atoms with Gasteiger partial charge in [0.05, 0.1) is 11.8 Å². The summed E-state index contributed by atoms with van der Waals surface area (Å²) in [7, 11) is 1.09. The van der Waals surface area contributed by atoms with Crippen molar-refractivity contribution in [2.75, 3.05) is 7.05 Å². The van der Waals surface area contributed by atoms with Crippen LogP contribution in [0.2, 0.25) is 0 Å². The first-order valence-electron chi connectivity index (χ1n) is 6.08. The van der Waals surface area contributed by atoms with Gasteiger partial charge >= 0.3 is 12.3 Å². The predicted octanol–water partition coefficient (Wildman–Crippen LogP) is 2.01. The monoisotopic (exact) mass is 320 g/mol. The number of carbonyl (C=O) groups is 2. The molecule has 0 saturated carbocycles. The number of hydrazine groups is 1. The molecule has 1 N–H and O–H groups in total. The summed E-state index contributed by atoms with van der Waals surface area (Å²) in [5.41, 5.74) is -0.963. The second-order valence-electron chi connectivity index (χ2n) is 5.27. The van der Waals surface area contributed by atoms with E-state index >= 15 is 0 Å². The molecule has 0 aliphatic rings. The van der Waals surface area contributed by atoms with Gasteiger partial charge in [-0.2, -0.15) is 18.3 Å². The molecule has 10 heteroatoms. The van der Waals surface area contributed by atoms with Crippen molar-refractivity contribution in [3.63, 3.8) is 0 Å². The fourth-order valence-electron chi connectivity index (χ4n) is 1.38. The van der Waals surface area contributed by atoms with E-state index in [9.17, 15) is 22.8 Å². The molecule has 22 heavy (non-hydrogen) atoms. The van der Waals surface area contributed by atoms with Crippen molar-refractivity contribution in [3.8, 4) is 0 Å². The predicted molar refractivity (Wildman–Crippen MR) is 68.5 cm³/mol. The van der Waals surface area contributed by atoms with Crippen molar-refractivity contribution >= 4 is 12.0 Å². The highest BCUT2D eigenvalue weighted by Crippen LogP contribution is 2.29. The Morgan fingerprint density at radius 1 is 1.27 bits per heavy atom. The Balaban J connectivity index is 2.91. The van der Waals surface area contributed by atoms with Crippen molar-refractivity contribution in [1.29, 1.82) is 0 Å². The van der Waals surface area contributed by atoms with Crippen LogP contribution in [0.3, 0.4) is 0 Å². The molecular weight excluding hydrogens is 305 g/mol. The summed E-state index contributed by atoms with van der Waals surface area (Å²) in [4.78, 5) is 23.5. The van der Waals surface area contributed by atoms with Gasteiger partial charge in [-0.1, -0.05) is 0 Å². The number of amides is 2. The van der Waals surface area contributed by atoms with Crippen LogP contribution in [0.25, 0.3) is 0 Å². The molecule has 122 valence electrons. The zero-order valence-corrected chi connectivity index (χ0v) is 12.4. The standard InChI is InChI=1S/C12H15F3N4O3/c1-11(2,3)22-10(21)18-19(4)9(20)7-5-6-16-17-8(7)12(13,14)15/h5-6H,1-4H3,(H,18,21). The number of nitrogens with one attached hydrogen (secondary N) is 1. The van der Waals surface area contributed by atoms with Gasteiger partial charge in [-0.25, -0.2) is 10.2 Å². The topological polar surface area (TPSA) is 84.4 Å². The number of nitrogens with zero attached hydrogens (tertiary/aromatic N) is 3. The maximum atomic E-state index is 12.8. The molecule has 0 atom stereocenters. The van der Waals surface area contributed by atoms with Gasteiger partial charge in [-0.05, 0) is 26.8 Å². The maximum absolute atomic E-state index is 12.8. The van der Waals surface area contributed by atoms with E-state index in [1.54, 1.807) is 20.8 Å². The molecule has 0 aliphatic heterocycles. The quantitative estimate of drug-likeness (QED) is 0.800. The van der Waals surface area contributed by atoms with E-state index < -0.39 is 35.0 Å². The Hall–Kier alpha value is -2.39. The van der Waals surface area contributed by atoms with Crippen LogP contribution >= 0.6 is 0 Å². The van der Waals surface area contributed by atoms with E-state index in [-0.39, 0.29) is 0 Å². The zero-order chi connectivity index (χ0) is 17.1. The third-order valence-corrected chi connectivity index (χ3v) is 2.18. The fraction of sp³-hybridized carbons (Fsp3) is 0.500. The lowest BCUT2D eigenvalue weighted by molar-refractivity contribution is -0.142. The summed E-state index contributed by atoms with van der Waals surface area (Å²) in [5, 5.41) is 6.62. The first-order valence-corrected chi connectivity index (χ1v) is 6.08. The van der Waals surface area contributed by atoms with Crippen LogP contribution in [-0.2, 0) is 10.9 Å². The van der Waals surface area contributed by atoms with Crippen LogP contribution in [0, 0.1) is 0 Å². The fourth-order valence-corrected chi connectivity index (χ4v) is 1.38. The van der Waals surface area contributed by atoms with Gasteiger partial charge in [0, 0.05) is 7.05 Å². The average molecular weight is 320 g/mol. The largest absolute Gasteiger partial charge is 0.443 e. The molecule has 0 unspecified atom stereocenters. The van der Waals surface area contributed by atoms with Crippen LogP contribution in [0.4, 0.5) is 18.0 Å². The molecule has 1 aromatic rings. The highest BCUT2D eigenvalue weighted by Gasteiger charge is 2.38. The van der Waals surface area contributed by atoms with Gasteiger partial charge in [-0.15, -0.1) is 5.10 Å². The molecule has 1 heterocycles. The van der Waals surface area contributed by atoms with Crippen molar-refractivity contribution in [1.82, 2.24) is 20.6 Å². The highest BCUT2D eigenvalue weighted by atomic mass is 19.4. The number of hydrogen-bond donors (Lipinski definition) is 1.